The van der Waals surface area contributed by atoms with Gasteiger partial charge in [-0.25, -0.2) is 4.39 Å². The van der Waals surface area contributed by atoms with Crippen molar-refractivity contribution in [2.45, 2.75) is 38.6 Å². The molecule has 178 valence electrons. The van der Waals surface area contributed by atoms with Crippen LogP contribution in [0, 0.1) is 12.7 Å². The first kappa shape index (κ1) is 25.5. The number of aryl methyl sites for hydroxylation is 1. The van der Waals surface area contributed by atoms with E-state index in [9.17, 15) is 14.0 Å². The molecule has 0 spiro atoms. The highest BCUT2D eigenvalue weighted by Crippen LogP contribution is 2.20. The Bertz CT molecular complexity index is 1090. The molecular weight excluding hydrogens is 447 g/mol. The van der Waals surface area contributed by atoms with Crippen molar-refractivity contribution in [1.29, 1.82) is 0 Å². The van der Waals surface area contributed by atoms with E-state index in [4.69, 9.17) is 0 Å². The second-order valence-electron chi connectivity index (χ2n) is 8.13. The maximum Gasteiger partial charge on any atom is 0.243 e. The van der Waals surface area contributed by atoms with Crippen LogP contribution in [0.25, 0.3) is 0 Å². The molecule has 3 aromatic carbocycles. The van der Waals surface area contributed by atoms with E-state index in [0.29, 0.717) is 30.8 Å². The minimum atomic E-state index is -0.650. The Morgan fingerprint density at radius 3 is 2.26 bits per heavy atom. The molecule has 0 aromatic heterocycles. The first-order chi connectivity index (χ1) is 16.5. The minimum absolute atomic E-state index is 0.142. The lowest BCUT2D eigenvalue weighted by molar-refractivity contribution is -0.139. The lowest BCUT2D eigenvalue weighted by Gasteiger charge is -2.32. The van der Waals surface area contributed by atoms with Crippen LogP contribution in [-0.4, -0.2) is 35.1 Å². The van der Waals surface area contributed by atoms with Gasteiger partial charge in [0.25, 0.3) is 0 Å². The standard InChI is InChI=1S/C28H31FN2O2S/c1-3-30-28(33)26(17-22-12-5-4-6-13-22)31(18-23-14-8-7-11-21(23)2)27(32)20-34-19-24-15-9-10-16-25(24)29/h4-16,26H,3,17-20H2,1-2H3,(H,30,33)/t26-/m0/s1. The summed E-state index contributed by atoms with van der Waals surface area (Å²) in [5, 5.41) is 2.90. The van der Waals surface area contributed by atoms with Gasteiger partial charge in [-0.3, -0.25) is 9.59 Å². The van der Waals surface area contributed by atoms with Gasteiger partial charge in [0.05, 0.1) is 5.75 Å². The molecule has 2 amide bonds. The first-order valence-electron chi connectivity index (χ1n) is 11.5. The molecule has 0 bridgehead atoms. The van der Waals surface area contributed by atoms with Gasteiger partial charge in [-0.15, -0.1) is 11.8 Å². The van der Waals surface area contributed by atoms with Crippen LogP contribution in [0.1, 0.15) is 29.2 Å². The van der Waals surface area contributed by atoms with Gasteiger partial charge in [-0.1, -0.05) is 72.8 Å². The van der Waals surface area contributed by atoms with E-state index in [1.807, 2.05) is 68.4 Å². The molecule has 0 heterocycles. The third kappa shape index (κ3) is 7.19. The highest BCUT2D eigenvalue weighted by atomic mass is 32.2. The first-order valence-corrected chi connectivity index (χ1v) is 12.6. The van der Waals surface area contributed by atoms with Gasteiger partial charge in [0.2, 0.25) is 11.8 Å². The number of hydrogen-bond donors (Lipinski definition) is 1. The van der Waals surface area contributed by atoms with Gasteiger partial charge in [0.15, 0.2) is 0 Å². The highest BCUT2D eigenvalue weighted by molar-refractivity contribution is 7.99. The number of carbonyl (C=O) groups excluding carboxylic acids is 2. The summed E-state index contributed by atoms with van der Waals surface area (Å²) in [6.45, 7) is 4.69. The molecule has 4 nitrogen and oxygen atoms in total. The zero-order valence-electron chi connectivity index (χ0n) is 19.7. The Morgan fingerprint density at radius 1 is 0.941 bits per heavy atom. The molecule has 0 aliphatic carbocycles. The van der Waals surface area contributed by atoms with Crippen LogP contribution < -0.4 is 5.32 Å². The summed E-state index contributed by atoms with van der Waals surface area (Å²) in [5.74, 6) is -0.0425. The summed E-state index contributed by atoms with van der Waals surface area (Å²) in [6, 6.07) is 23.6. The van der Waals surface area contributed by atoms with Gasteiger partial charge in [0.1, 0.15) is 11.9 Å². The van der Waals surface area contributed by atoms with E-state index in [1.165, 1.54) is 17.8 Å². The third-order valence-electron chi connectivity index (χ3n) is 5.66. The predicted octanol–water partition coefficient (Wildman–Crippen LogP) is 5.14. The number of rotatable bonds is 11. The number of benzene rings is 3. The van der Waals surface area contributed by atoms with Crippen molar-refractivity contribution in [1.82, 2.24) is 10.2 Å². The summed E-state index contributed by atoms with van der Waals surface area (Å²) in [4.78, 5) is 28.3. The Hall–Kier alpha value is -3.12. The van der Waals surface area contributed by atoms with Gasteiger partial charge in [0, 0.05) is 25.3 Å². The predicted molar refractivity (Wildman–Crippen MR) is 137 cm³/mol. The van der Waals surface area contributed by atoms with Gasteiger partial charge in [-0.2, -0.15) is 0 Å². The van der Waals surface area contributed by atoms with E-state index < -0.39 is 6.04 Å². The molecule has 0 fully saturated rings. The SMILES string of the molecule is CCNC(=O)[C@H](Cc1ccccc1)N(Cc1ccccc1C)C(=O)CSCc1ccccc1F. The van der Waals surface area contributed by atoms with Crippen molar-refractivity contribution < 1.29 is 14.0 Å². The van der Waals surface area contributed by atoms with Crippen LogP contribution in [-0.2, 0) is 28.3 Å². The maximum absolute atomic E-state index is 14.0. The number of thioether (sulfide) groups is 1. The fraction of sp³-hybridized carbons (Fsp3) is 0.286. The fourth-order valence-corrected chi connectivity index (χ4v) is 4.66. The highest BCUT2D eigenvalue weighted by Gasteiger charge is 2.30. The zero-order valence-corrected chi connectivity index (χ0v) is 20.5. The van der Waals surface area contributed by atoms with Crippen LogP contribution in [0.2, 0.25) is 0 Å². The van der Waals surface area contributed by atoms with E-state index in [1.54, 1.807) is 23.1 Å². The summed E-state index contributed by atoms with van der Waals surface area (Å²) in [6.07, 6.45) is 0.419. The van der Waals surface area contributed by atoms with Crippen LogP contribution >= 0.6 is 11.8 Å². The number of amides is 2. The number of likely N-dealkylation sites (N-methyl/N-ethyl adjacent to an activating group) is 1. The largest absolute Gasteiger partial charge is 0.355 e. The number of nitrogens with zero attached hydrogens (tertiary/aromatic N) is 1. The Morgan fingerprint density at radius 2 is 1.59 bits per heavy atom. The quantitative estimate of drug-likeness (QED) is 0.415. The number of nitrogens with one attached hydrogen (secondary N) is 1. The molecule has 0 saturated carbocycles. The maximum atomic E-state index is 14.0. The van der Waals surface area contributed by atoms with Crippen LogP contribution in [0.3, 0.4) is 0 Å². The molecule has 0 unspecified atom stereocenters. The summed E-state index contributed by atoms with van der Waals surface area (Å²) in [5.41, 5.74) is 3.61. The van der Waals surface area contributed by atoms with E-state index in [-0.39, 0.29) is 23.4 Å². The lowest BCUT2D eigenvalue weighted by atomic mass is 10.0. The van der Waals surface area contributed by atoms with Gasteiger partial charge in [-0.05, 0) is 42.2 Å². The monoisotopic (exact) mass is 478 g/mol. The Kier molecular flexibility index (Phi) is 9.71. The molecule has 1 N–H and O–H groups in total. The van der Waals surface area contributed by atoms with Crippen molar-refractivity contribution in [3.8, 4) is 0 Å². The third-order valence-corrected chi connectivity index (χ3v) is 6.63. The number of carbonyl (C=O) groups is 2. The average molecular weight is 479 g/mol. The fourth-order valence-electron chi connectivity index (χ4n) is 3.76. The van der Waals surface area contributed by atoms with E-state index >= 15 is 0 Å². The minimum Gasteiger partial charge on any atom is -0.355 e. The molecular formula is C28H31FN2O2S. The van der Waals surface area contributed by atoms with Crippen molar-refractivity contribution in [2.24, 2.45) is 0 Å². The van der Waals surface area contributed by atoms with Crippen molar-refractivity contribution in [3.05, 3.63) is 107 Å². The molecule has 0 aliphatic rings. The Labute approximate surface area is 205 Å². The zero-order chi connectivity index (χ0) is 24.3. The number of halogens is 1. The molecule has 0 saturated heterocycles. The molecule has 6 heteroatoms. The molecule has 3 aromatic rings. The second kappa shape index (κ2) is 12.9. The molecule has 0 aliphatic heterocycles. The van der Waals surface area contributed by atoms with E-state index in [2.05, 4.69) is 5.32 Å². The Balaban J connectivity index is 1.84. The molecule has 1 atom stereocenters. The molecule has 34 heavy (non-hydrogen) atoms. The molecule has 3 rings (SSSR count). The normalized spacial score (nSPS) is 11.6. The van der Waals surface area contributed by atoms with Gasteiger partial charge >= 0.3 is 0 Å². The topological polar surface area (TPSA) is 49.4 Å². The summed E-state index contributed by atoms with van der Waals surface area (Å²) < 4.78 is 14.0. The van der Waals surface area contributed by atoms with Crippen molar-refractivity contribution >= 4 is 23.6 Å². The average Bonchev–Trinajstić information content (AvgIpc) is 2.84. The van der Waals surface area contributed by atoms with Crippen molar-refractivity contribution in [3.63, 3.8) is 0 Å². The van der Waals surface area contributed by atoms with Crippen molar-refractivity contribution in [2.75, 3.05) is 12.3 Å². The number of hydrogen-bond acceptors (Lipinski definition) is 3. The summed E-state index contributed by atoms with van der Waals surface area (Å²) >= 11 is 1.36. The second-order valence-corrected chi connectivity index (χ2v) is 9.12. The van der Waals surface area contributed by atoms with Crippen LogP contribution in [0.5, 0.6) is 0 Å². The van der Waals surface area contributed by atoms with Crippen LogP contribution in [0.4, 0.5) is 4.39 Å². The lowest BCUT2D eigenvalue weighted by Crippen LogP contribution is -2.51. The smallest absolute Gasteiger partial charge is 0.243 e. The van der Waals surface area contributed by atoms with E-state index in [0.717, 1.165) is 16.7 Å². The summed E-state index contributed by atoms with van der Waals surface area (Å²) in [7, 11) is 0. The molecule has 0 radical (unpaired) electrons. The van der Waals surface area contributed by atoms with Crippen LogP contribution in [0.15, 0.2) is 78.9 Å². The van der Waals surface area contributed by atoms with Gasteiger partial charge < -0.3 is 10.2 Å².